The molecule has 1 rings (SSSR count). The predicted octanol–water partition coefficient (Wildman–Crippen LogP) is 1.42. The van der Waals surface area contributed by atoms with Crippen molar-refractivity contribution >= 4 is 10.8 Å². The molecule has 2 unspecified atom stereocenters. The van der Waals surface area contributed by atoms with Crippen LogP contribution < -0.4 is 10.1 Å². The number of hydrogen-bond acceptors (Lipinski definition) is 4. The molecule has 1 aromatic carbocycles. The summed E-state index contributed by atoms with van der Waals surface area (Å²) < 4.78 is 16.3. The Bertz CT molecular complexity index is 469. The molecule has 0 bridgehead atoms. The van der Waals surface area contributed by atoms with E-state index in [-0.39, 0.29) is 6.04 Å². The minimum absolute atomic E-state index is 0.159. The Kier molecular flexibility index (Phi) is 5.83. The van der Waals surface area contributed by atoms with Gasteiger partial charge in [0.05, 0.1) is 18.7 Å². The van der Waals surface area contributed by atoms with Crippen LogP contribution >= 0.6 is 0 Å². The number of rotatable bonds is 6. The molecule has 0 aliphatic carbocycles. The zero-order valence-corrected chi connectivity index (χ0v) is 11.7. The van der Waals surface area contributed by atoms with Crippen LogP contribution in [0.15, 0.2) is 18.2 Å². The highest BCUT2D eigenvalue weighted by Crippen LogP contribution is 2.19. The van der Waals surface area contributed by atoms with Gasteiger partial charge in [-0.25, -0.2) is 0 Å². The molecule has 0 aliphatic heterocycles. The highest BCUT2D eigenvalue weighted by atomic mass is 32.2. The van der Waals surface area contributed by atoms with Gasteiger partial charge in [-0.1, -0.05) is 0 Å². The van der Waals surface area contributed by atoms with E-state index < -0.39 is 10.8 Å². The van der Waals surface area contributed by atoms with Gasteiger partial charge in [-0.05, 0) is 25.1 Å². The first-order valence-electron chi connectivity index (χ1n) is 5.67. The summed E-state index contributed by atoms with van der Waals surface area (Å²) in [4.78, 5) is 0. The maximum Gasteiger partial charge on any atom is 0.123 e. The molecule has 1 N–H and O–H groups in total. The van der Waals surface area contributed by atoms with E-state index in [2.05, 4.69) is 11.4 Å². The molecule has 4 nitrogen and oxygen atoms in total. The maximum atomic E-state index is 11.1. The summed E-state index contributed by atoms with van der Waals surface area (Å²) in [5.74, 6) is 1.37. The van der Waals surface area contributed by atoms with Crippen LogP contribution in [0, 0.1) is 11.3 Å². The van der Waals surface area contributed by atoms with Gasteiger partial charge in [-0.15, -0.1) is 0 Å². The number of benzene rings is 1. The Labute approximate surface area is 110 Å². The zero-order valence-electron chi connectivity index (χ0n) is 10.9. The van der Waals surface area contributed by atoms with Crippen molar-refractivity contribution in [3.05, 3.63) is 29.3 Å². The number of methoxy groups -OCH3 is 1. The lowest BCUT2D eigenvalue weighted by Crippen LogP contribution is -2.30. The summed E-state index contributed by atoms with van der Waals surface area (Å²) in [5.41, 5.74) is 1.55. The average molecular weight is 266 g/mol. The van der Waals surface area contributed by atoms with E-state index in [1.807, 2.05) is 13.0 Å². The Hall–Kier alpha value is -1.38. The molecule has 2 atom stereocenters. The third kappa shape index (κ3) is 4.47. The monoisotopic (exact) mass is 266 g/mol. The van der Waals surface area contributed by atoms with Crippen LogP contribution in [0.4, 0.5) is 0 Å². The average Bonchev–Trinajstić information content (AvgIpc) is 2.35. The summed E-state index contributed by atoms with van der Waals surface area (Å²) in [5, 5.41) is 12.1. The van der Waals surface area contributed by atoms with Gasteiger partial charge >= 0.3 is 0 Å². The Morgan fingerprint density at radius 1 is 1.56 bits per heavy atom. The van der Waals surface area contributed by atoms with E-state index in [0.29, 0.717) is 17.9 Å². The predicted molar refractivity (Wildman–Crippen MR) is 72.9 cm³/mol. The van der Waals surface area contributed by atoms with Crippen molar-refractivity contribution < 1.29 is 8.95 Å². The quantitative estimate of drug-likeness (QED) is 0.846. The Morgan fingerprint density at radius 3 is 2.83 bits per heavy atom. The minimum Gasteiger partial charge on any atom is -0.496 e. The Balaban J connectivity index is 2.71. The molecule has 0 saturated carbocycles. The summed E-state index contributed by atoms with van der Waals surface area (Å²) in [6, 6.07) is 7.59. The first kappa shape index (κ1) is 14.7. The Morgan fingerprint density at radius 2 is 2.28 bits per heavy atom. The van der Waals surface area contributed by atoms with Gasteiger partial charge < -0.3 is 10.1 Å². The summed E-state index contributed by atoms with van der Waals surface area (Å²) >= 11 is 0. The maximum absolute atomic E-state index is 11.1. The third-order valence-electron chi connectivity index (χ3n) is 2.54. The minimum atomic E-state index is -0.813. The fourth-order valence-electron chi connectivity index (χ4n) is 1.68. The molecule has 5 heteroatoms. The van der Waals surface area contributed by atoms with Crippen LogP contribution in [0.2, 0.25) is 0 Å². The van der Waals surface area contributed by atoms with Crippen LogP contribution in [0.5, 0.6) is 5.75 Å². The molecule has 0 fully saturated rings. The van der Waals surface area contributed by atoms with Gasteiger partial charge in [-0.3, -0.25) is 4.21 Å². The van der Waals surface area contributed by atoms with Crippen molar-refractivity contribution in [2.24, 2.45) is 0 Å². The zero-order chi connectivity index (χ0) is 13.5. The molecule has 0 aromatic heterocycles. The molecule has 0 heterocycles. The number of nitrogens with one attached hydrogen (secondary N) is 1. The second-order valence-corrected chi connectivity index (χ2v) is 5.64. The van der Waals surface area contributed by atoms with E-state index in [1.165, 1.54) is 0 Å². The smallest absolute Gasteiger partial charge is 0.123 e. The molecule has 18 heavy (non-hydrogen) atoms. The van der Waals surface area contributed by atoms with E-state index in [0.717, 1.165) is 11.3 Å². The van der Waals surface area contributed by atoms with Crippen molar-refractivity contribution in [1.82, 2.24) is 5.32 Å². The molecule has 0 spiro atoms. The standard InChI is InChI=1S/C13H18N2O2S/c1-10(9-18(3)16)15-8-12-6-11(7-14)4-5-13(12)17-2/h4-6,10,15H,8-9H2,1-3H3. The van der Waals surface area contributed by atoms with Crippen LogP contribution in [0.3, 0.4) is 0 Å². The molecule has 0 amide bonds. The molecular weight excluding hydrogens is 248 g/mol. The molecule has 1 aromatic rings. The van der Waals surface area contributed by atoms with E-state index in [9.17, 15) is 4.21 Å². The third-order valence-corrected chi connectivity index (χ3v) is 3.50. The summed E-state index contributed by atoms with van der Waals surface area (Å²) in [6.07, 6.45) is 1.69. The van der Waals surface area contributed by atoms with Gasteiger partial charge in [-0.2, -0.15) is 5.26 Å². The largest absolute Gasteiger partial charge is 0.496 e. The lowest BCUT2D eigenvalue weighted by atomic mass is 10.1. The molecule has 0 saturated heterocycles. The van der Waals surface area contributed by atoms with E-state index in [4.69, 9.17) is 10.00 Å². The lowest BCUT2D eigenvalue weighted by Gasteiger charge is -2.14. The van der Waals surface area contributed by atoms with Crippen molar-refractivity contribution in [2.45, 2.75) is 19.5 Å². The first-order valence-corrected chi connectivity index (χ1v) is 7.40. The number of ether oxygens (including phenoxy) is 1. The second-order valence-electron chi connectivity index (χ2n) is 4.16. The number of nitrogens with zero attached hydrogens (tertiary/aromatic N) is 1. The van der Waals surface area contributed by atoms with Crippen LogP contribution in [-0.2, 0) is 17.3 Å². The molecular formula is C13H18N2O2S. The van der Waals surface area contributed by atoms with Gasteiger partial charge in [0.15, 0.2) is 0 Å². The van der Waals surface area contributed by atoms with Crippen molar-refractivity contribution in [2.75, 3.05) is 19.1 Å². The van der Waals surface area contributed by atoms with Crippen molar-refractivity contribution in [1.29, 1.82) is 5.26 Å². The van der Waals surface area contributed by atoms with Gasteiger partial charge in [0.2, 0.25) is 0 Å². The second kappa shape index (κ2) is 7.14. The van der Waals surface area contributed by atoms with Crippen LogP contribution in [-0.4, -0.2) is 29.4 Å². The SMILES string of the molecule is COc1ccc(C#N)cc1CNC(C)CS(C)=O. The van der Waals surface area contributed by atoms with E-state index >= 15 is 0 Å². The van der Waals surface area contributed by atoms with Crippen LogP contribution in [0.25, 0.3) is 0 Å². The fraction of sp³-hybridized carbons (Fsp3) is 0.462. The molecule has 98 valence electrons. The highest BCUT2D eigenvalue weighted by molar-refractivity contribution is 7.84. The van der Waals surface area contributed by atoms with E-state index in [1.54, 1.807) is 25.5 Å². The normalized spacial score (nSPS) is 13.7. The summed E-state index contributed by atoms with van der Waals surface area (Å²) in [6.45, 7) is 2.58. The number of hydrogen-bond donors (Lipinski definition) is 1. The number of nitriles is 1. The fourth-order valence-corrected chi connectivity index (χ4v) is 2.50. The topological polar surface area (TPSA) is 62.1 Å². The van der Waals surface area contributed by atoms with Crippen molar-refractivity contribution in [3.63, 3.8) is 0 Å². The van der Waals surface area contributed by atoms with Gasteiger partial charge in [0.25, 0.3) is 0 Å². The van der Waals surface area contributed by atoms with Gasteiger partial charge in [0.1, 0.15) is 5.75 Å². The summed E-state index contributed by atoms with van der Waals surface area (Å²) in [7, 11) is 0.794. The lowest BCUT2D eigenvalue weighted by molar-refractivity contribution is 0.406. The first-order chi connectivity index (χ1) is 8.56. The molecule has 0 aliphatic rings. The highest BCUT2D eigenvalue weighted by Gasteiger charge is 2.08. The molecule has 0 radical (unpaired) electrons. The van der Waals surface area contributed by atoms with Crippen LogP contribution in [0.1, 0.15) is 18.1 Å². The van der Waals surface area contributed by atoms with Crippen molar-refractivity contribution in [3.8, 4) is 11.8 Å². The van der Waals surface area contributed by atoms with Gasteiger partial charge in [0, 0.05) is 41.0 Å².